The summed E-state index contributed by atoms with van der Waals surface area (Å²) in [5, 5.41) is 10.7. The van der Waals surface area contributed by atoms with E-state index in [1.54, 1.807) is 12.1 Å². The number of hydrogen-bond acceptors (Lipinski definition) is 4. The van der Waals surface area contributed by atoms with E-state index >= 15 is 0 Å². The topological polar surface area (TPSA) is 58.1 Å². The smallest absolute Gasteiger partial charge is 0.271 e. The molecule has 0 atom stereocenters. The Morgan fingerprint density at radius 2 is 2.05 bits per heavy atom. The van der Waals surface area contributed by atoms with Gasteiger partial charge in [-0.15, -0.1) is 10.2 Å². The zero-order valence-corrected chi connectivity index (χ0v) is 12.1. The van der Waals surface area contributed by atoms with Crippen LogP contribution < -0.4 is 5.32 Å². The van der Waals surface area contributed by atoms with E-state index < -0.39 is 0 Å². The minimum atomic E-state index is -0.197. The normalized spacial score (nSPS) is 17.7. The van der Waals surface area contributed by atoms with Crippen LogP contribution in [0.4, 0.5) is 0 Å². The highest BCUT2D eigenvalue weighted by Gasteiger charge is 2.36. The van der Waals surface area contributed by atoms with Crippen LogP contribution in [0, 0.1) is 0 Å². The number of hydrogen-bond donors (Lipinski definition) is 1. The Labute approximate surface area is 118 Å². The van der Waals surface area contributed by atoms with E-state index in [-0.39, 0.29) is 16.6 Å². The predicted molar refractivity (Wildman–Crippen MR) is 74.3 cm³/mol. The molecule has 19 heavy (non-hydrogen) atoms. The number of nitrogens with one attached hydrogen (secondary N) is 1. The molecule has 1 aromatic rings. The molecule has 1 fully saturated rings. The molecule has 1 aliphatic carbocycles. The van der Waals surface area contributed by atoms with Gasteiger partial charge in [-0.2, -0.15) is 0 Å². The summed E-state index contributed by atoms with van der Waals surface area (Å²) >= 11 is 5.65. The molecule has 5 nitrogen and oxygen atoms in total. The Balaban J connectivity index is 1.97. The summed E-state index contributed by atoms with van der Waals surface area (Å²) in [6.07, 6.45) is 4.67. The van der Waals surface area contributed by atoms with E-state index in [1.807, 2.05) is 0 Å². The lowest BCUT2D eigenvalue weighted by atomic mass is 9.96. The third-order valence-electron chi connectivity index (χ3n) is 3.93. The van der Waals surface area contributed by atoms with Crippen LogP contribution in [0.1, 0.15) is 36.2 Å². The van der Waals surface area contributed by atoms with E-state index in [0.717, 1.165) is 12.8 Å². The Morgan fingerprint density at radius 1 is 1.37 bits per heavy atom. The second-order valence-electron chi connectivity index (χ2n) is 5.25. The number of carbonyl (C=O) groups excluding carboxylic acids is 1. The first-order chi connectivity index (χ1) is 9.03. The highest BCUT2D eigenvalue weighted by molar-refractivity contribution is 6.29. The van der Waals surface area contributed by atoms with Crippen LogP contribution in [0.3, 0.4) is 0 Å². The van der Waals surface area contributed by atoms with Crippen molar-refractivity contribution in [2.75, 3.05) is 20.6 Å². The average molecular weight is 283 g/mol. The monoisotopic (exact) mass is 282 g/mol. The standard InChI is InChI=1S/C13H19ClN4O/c1-18(2)13(7-3-4-8-13)9-15-12(19)10-5-6-11(14)17-16-10/h5-6H,3-4,7-9H2,1-2H3,(H,15,19). The quantitative estimate of drug-likeness (QED) is 0.914. The highest BCUT2D eigenvalue weighted by atomic mass is 35.5. The molecule has 104 valence electrons. The molecular weight excluding hydrogens is 264 g/mol. The Bertz CT molecular complexity index is 440. The van der Waals surface area contributed by atoms with Crippen LogP contribution >= 0.6 is 11.6 Å². The first-order valence-corrected chi connectivity index (χ1v) is 6.86. The van der Waals surface area contributed by atoms with Crippen molar-refractivity contribution >= 4 is 17.5 Å². The van der Waals surface area contributed by atoms with Gasteiger partial charge in [0.1, 0.15) is 0 Å². The lowest BCUT2D eigenvalue weighted by molar-refractivity contribution is 0.0894. The fourth-order valence-electron chi connectivity index (χ4n) is 2.59. The number of rotatable bonds is 4. The Kier molecular flexibility index (Phi) is 4.37. The molecule has 0 aliphatic heterocycles. The molecule has 1 aliphatic rings. The molecule has 6 heteroatoms. The van der Waals surface area contributed by atoms with Crippen LogP contribution in [0.2, 0.25) is 5.15 Å². The van der Waals surface area contributed by atoms with Gasteiger partial charge in [-0.3, -0.25) is 4.79 Å². The molecule has 1 heterocycles. The van der Waals surface area contributed by atoms with E-state index in [9.17, 15) is 4.79 Å². The van der Waals surface area contributed by atoms with Crippen LogP contribution in [0.5, 0.6) is 0 Å². The number of aromatic nitrogens is 2. The van der Waals surface area contributed by atoms with Gasteiger partial charge in [-0.25, -0.2) is 0 Å². The summed E-state index contributed by atoms with van der Waals surface area (Å²) < 4.78 is 0. The maximum Gasteiger partial charge on any atom is 0.271 e. The zero-order valence-electron chi connectivity index (χ0n) is 11.3. The van der Waals surface area contributed by atoms with Crippen molar-refractivity contribution in [1.82, 2.24) is 20.4 Å². The predicted octanol–water partition coefficient (Wildman–Crippen LogP) is 1.73. The maximum atomic E-state index is 12.0. The molecule has 1 N–H and O–H groups in total. The molecule has 2 rings (SSSR count). The van der Waals surface area contributed by atoms with Crippen molar-refractivity contribution in [3.63, 3.8) is 0 Å². The maximum absolute atomic E-state index is 12.0. The summed E-state index contributed by atoms with van der Waals surface area (Å²) in [7, 11) is 4.14. The van der Waals surface area contributed by atoms with Crippen LogP contribution in [0.25, 0.3) is 0 Å². The Morgan fingerprint density at radius 3 is 2.58 bits per heavy atom. The third kappa shape index (κ3) is 3.22. The van der Waals surface area contributed by atoms with Crippen LogP contribution in [-0.4, -0.2) is 47.2 Å². The number of amides is 1. The van der Waals surface area contributed by atoms with E-state index in [4.69, 9.17) is 11.6 Å². The van der Waals surface area contributed by atoms with Gasteiger partial charge in [0.15, 0.2) is 10.8 Å². The van der Waals surface area contributed by atoms with Crippen LogP contribution in [0.15, 0.2) is 12.1 Å². The fraction of sp³-hybridized carbons (Fsp3) is 0.615. The number of nitrogens with zero attached hydrogens (tertiary/aromatic N) is 3. The summed E-state index contributed by atoms with van der Waals surface area (Å²) in [4.78, 5) is 14.2. The van der Waals surface area contributed by atoms with Crippen molar-refractivity contribution in [1.29, 1.82) is 0 Å². The molecule has 0 bridgehead atoms. The lowest BCUT2D eigenvalue weighted by Gasteiger charge is -2.36. The van der Waals surface area contributed by atoms with Gasteiger partial charge in [-0.05, 0) is 39.1 Å². The summed E-state index contributed by atoms with van der Waals surface area (Å²) in [5.74, 6) is -0.197. The molecular formula is C13H19ClN4O. The van der Waals surface area contributed by atoms with Crippen molar-refractivity contribution in [2.45, 2.75) is 31.2 Å². The van der Waals surface area contributed by atoms with Crippen molar-refractivity contribution in [2.24, 2.45) is 0 Å². The number of carbonyl (C=O) groups is 1. The van der Waals surface area contributed by atoms with Crippen molar-refractivity contribution in [3.8, 4) is 0 Å². The minimum absolute atomic E-state index is 0.0789. The lowest BCUT2D eigenvalue weighted by Crippen LogP contribution is -2.50. The molecule has 1 amide bonds. The fourth-order valence-corrected chi connectivity index (χ4v) is 2.69. The van der Waals surface area contributed by atoms with Gasteiger partial charge in [0, 0.05) is 12.1 Å². The molecule has 0 aromatic carbocycles. The van der Waals surface area contributed by atoms with Crippen molar-refractivity contribution in [3.05, 3.63) is 23.0 Å². The summed E-state index contributed by atoms with van der Waals surface area (Å²) in [5.41, 5.74) is 0.381. The largest absolute Gasteiger partial charge is 0.349 e. The van der Waals surface area contributed by atoms with Gasteiger partial charge in [-0.1, -0.05) is 24.4 Å². The first kappa shape index (κ1) is 14.2. The molecule has 0 spiro atoms. The summed E-state index contributed by atoms with van der Waals surface area (Å²) in [6.45, 7) is 0.642. The van der Waals surface area contributed by atoms with E-state index in [2.05, 4.69) is 34.5 Å². The SMILES string of the molecule is CN(C)C1(CNC(=O)c2ccc(Cl)nn2)CCCC1. The molecule has 0 radical (unpaired) electrons. The van der Waals surface area contributed by atoms with Gasteiger partial charge < -0.3 is 10.2 Å². The third-order valence-corrected chi connectivity index (χ3v) is 4.13. The highest BCUT2D eigenvalue weighted by Crippen LogP contribution is 2.33. The van der Waals surface area contributed by atoms with Gasteiger partial charge in [0.2, 0.25) is 0 Å². The molecule has 1 aromatic heterocycles. The second kappa shape index (κ2) is 5.84. The molecule has 0 unspecified atom stereocenters. The average Bonchev–Trinajstić information content (AvgIpc) is 2.87. The van der Waals surface area contributed by atoms with Gasteiger partial charge in [0.25, 0.3) is 5.91 Å². The number of halogens is 1. The Hall–Kier alpha value is -1.20. The zero-order chi connectivity index (χ0) is 13.9. The van der Waals surface area contributed by atoms with Crippen LogP contribution in [-0.2, 0) is 0 Å². The summed E-state index contributed by atoms with van der Waals surface area (Å²) in [6, 6.07) is 3.16. The second-order valence-corrected chi connectivity index (χ2v) is 5.64. The molecule has 0 saturated heterocycles. The number of likely N-dealkylation sites (N-methyl/N-ethyl adjacent to an activating group) is 1. The van der Waals surface area contributed by atoms with Crippen molar-refractivity contribution < 1.29 is 4.79 Å². The molecule has 1 saturated carbocycles. The minimum Gasteiger partial charge on any atom is -0.349 e. The van der Waals surface area contributed by atoms with E-state index in [0.29, 0.717) is 12.2 Å². The van der Waals surface area contributed by atoms with Gasteiger partial charge >= 0.3 is 0 Å². The van der Waals surface area contributed by atoms with E-state index in [1.165, 1.54) is 12.8 Å². The first-order valence-electron chi connectivity index (χ1n) is 6.48. The van der Waals surface area contributed by atoms with Gasteiger partial charge in [0.05, 0.1) is 0 Å².